The summed E-state index contributed by atoms with van der Waals surface area (Å²) >= 11 is 0. The molecule has 0 aromatic carbocycles. The van der Waals surface area contributed by atoms with Gasteiger partial charge in [-0.25, -0.2) is 9.97 Å². The van der Waals surface area contributed by atoms with Crippen LogP contribution < -0.4 is 15.5 Å². The van der Waals surface area contributed by atoms with Gasteiger partial charge in [-0.05, 0) is 52.1 Å². The molecule has 35 heavy (non-hydrogen) atoms. The predicted octanol–water partition coefficient (Wildman–Crippen LogP) is 1.93. The van der Waals surface area contributed by atoms with Gasteiger partial charge in [0.1, 0.15) is 17.5 Å². The Morgan fingerprint density at radius 2 is 1.83 bits per heavy atom. The lowest BCUT2D eigenvalue weighted by Gasteiger charge is -2.35. The molecule has 0 unspecified atom stereocenters. The summed E-state index contributed by atoms with van der Waals surface area (Å²) in [4.78, 5) is 29.5. The molecule has 5 heterocycles. The van der Waals surface area contributed by atoms with E-state index in [9.17, 15) is 4.79 Å². The second-order valence-electron chi connectivity index (χ2n) is 10.4. The molecule has 10 nitrogen and oxygen atoms in total. The van der Waals surface area contributed by atoms with Gasteiger partial charge in [0.15, 0.2) is 5.82 Å². The van der Waals surface area contributed by atoms with Gasteiger partial charge in [0.05, 0.1) is 6.04 Å². The van der Waals surface area contributed by atoms with Crippen molar-refractivity contribution >= 4 is 23.4 Å². The molecule has 3 N–H and O–H groups in total. The van der Waals surface area contributed by atoms with Crippen LogP contribution in [0.4, 0.5) is 17.5 Å². The number of rotatable bonds is 6. The molecule has 3 fully saturated rings. The molecule has 2 aromatic heterocycles. The lowest BCUT2D eigenvalue weighted by atomic mass is 9.92. The van der Waals surface area contributed by atoms with Crippen molar-refractivity contribution in [3.05, 3.63) is 23.7 Å². The van der Waals surface area contributed by atoms with E-state index < -0.39 is 0 Å². The van der Waals surface area contributed by atoms with Crippen molar-refractivity contribution < 1.29 is 4.79 Å². The molecule has 0 bridgehead atoms. The SMILES string of the molecule is Cc1cc(Nc2cc(N3CCN(C)CC3)nc(CC3CCN(C(=O)[C@@H]4CCCCN4)CC3)n2)n[nH]1. The molecule has 0 radical (unpaired) electrons. The van der Waals surface area contributed by atoms with Crippen LogP contribution in [0.2, 0.25) is 0 Å². The van der Waals surface area contributed by atoms with E-state index in [-0.39, 0.29) is 11.9 Å². The smallest absolute Gasteiger partial charge is 0.239 e. The van der Waals surface area contributed by atoms with E-state index in [1.807, 2.05) is 19.1 Å². The number of carbonyl (C=O) groups excluding carboxylic acids is 1. The molecule has 0 spiro atoms. The Morgan fingerprint density at radius 3 is 2.51 bits per heavy atom. The zero-order chi connectivity index (χ0) is 24.2. The van der Waals surface area contributed by atoms with Crippen molar-refractivity contribution in [2.45, 2.75) is 51.5 Å². The highest BCUT2D eigenvalue weighted by Crippen LogP contribution is 2.25. The summed E-state index contributed by atoms with van der Waals surface area (Å²) in [5.41, 5.74) is 1.01. The highest BCUT2D eigenvalue weighted by atomic mass is 16.2. The van der Waals surface area contributed by atoms with E-state index in [0.717, 1.165) is 107 Å². The number of piperazine rings is 1. The number of likely N-dealkylation sites (N-methyl/N-ethyl adjacent to an activating group) is 1. The average molecular weight is 482 g/mol. The Morgan fingerprint density at radius 1 is 1.03 bits per heavy atom. The van der Waals surface area contributed by atoms with Crippen LogP contribution in [0.1, 0.15) is 43.6 Å². The van der Waals surface area contributed by atoms with Crippen LogP contribution in [0.25, 0.3) is 0 Å². The Labute approximate surface area is 207 Å². The van der Waals surface area contributed by atoms with Crippen molar-refractivity contribution in [2.24, 2.45) is 5.92 Å². The first kappa shape index (κ1) is 24.0. The number of nitrogens with zero attached hydrogens (tertiary/aromatic N) is 6. The zero-order valence-electron chi connectivity index (χ0n) is 21.1. The summed E-state index contributed by atoms with van der Waals surface area (Å²) in [6, 6.07) is 4.03. The van der Waals surface area contributed by atoms with Gasteiger partial charge < -0.3 is 25.3 Å². The second kappa shape index (κ2) is 10.9. The Hall–Kier alpha value is -2.72. The van der Waals surface area contributed by atoms with Crippen LogP contribution in [-0.4, -0.2) is 94.8 Å². The third kappa shape index (κ3) is 6.10. The van der Waals surface area contributed by atoms with Gasteiger partial charge in [0.2, 0.25) is 5.91 Å². The van der Waals surface area contributed by atoms with E-state index >= 15 is 0 Å². The topological polar surface area (TPSA) is 105 Å². The number of amides is 1. The molecule has 3 aliphatic heterocycles. The molecule has 0 saturated carbocycles. The number of aryl methyl sites for hydroxylation is 1. The number of aromatic amines is 1. The van der Waals surface area contributed by atoms with Crippen LogP contribution in [0.3, 0.4) is 0 Å². The summed E-state index contributed by atoms with van der Waals surface area (Å²) in [5, 5.41) is 14.1. The first-order chi connectivity index (χ1) is 17.0. The lowest BCUT2D eigenvalue weighted by Crippen LogP contribution is -2.50. The van der Waals surface area contributed by atoms with E-state index in [4.69, 9.17) is 9.97 Å². The average Bonchev–Trinajstić information content (AvgIpc) is 3.29. The minimum Gasteiger partial charge on any atom is -0.354 e. The van der Waals surface area contributed by atoms with E-state index in [1.165, 1.54) is 6.42 Å². The van der Waals surface area contributed by atoms with Crippen molar-refractivity contribution in [1.82, 2.24) is 35.3 Å². The summed E-state index contributed by atoms with van der Waals surface area (Å²) in [5.74, 6) is 4.17. The van der Waals surface area contributed by atoms with E-state index in [0.29, 0.717) is 5.92 Å². The number of piperidine rings is 2. The van der Waals surface area contributed by atoms with Gasteiger partial charge in [0.25, 0.3) is 0 Å². The summed E-state index contributed by atoms with van der Waals surface area (Å²) in [6.07, 6.45) is 6.13. The molecule has 1 amide bonds. The molecule has 10 heteroatoms. The maximum absolute atomic E-state index is 12.9. The molecule has 3 aliphatic rings. The predicted molar refractivity (Wildman–Crippen MR) is 137 cm³/mol. The Bertz CT molecular complexity index is 987. The third-order valence-corrected chi connectivity index (χ3v) is 7.55. The highest BCUT2D eigenvalue weighted by molar-refractivity contribution is 5.82. The van der Waals surface area contributed by atoms with Crippen LogP contribution >= 0.6 is 0 Å². The van der Waals surface area contributed by atoms with Gasteiger partial charge in [0, 0.05) is 63.5 Å². The number of likely N-dealkylation sites (tertiary alicyclic amines) is 1. The fourth-order valence-electron chi connectivity index (χ4n) is 5.35. The first-order valence-corrected chi connectivity index (χ1v) is 13.2. The molecule has 190 valence electrons. The lowest BCUT2D eigenvalue weighted by molar-refractivity contribution is -0.135. The number of anilines is 3. The third-order valence-electron chi connectivity index (χ3n) is 7.55. The van der Waals surface area contributed by atoms with Crippen LogP contribution in [0, 0.1) is 12.8 Å². The van der Waals surface area contributed by atoms with Crippen molar-refractivity contribution in [1.29, 1.82) is 0 Å². The second-order valence-corrected chi connectivity index (χ2v) is 10.4. The van der Waals surface area contributed by atoms with Gasteiger partial charge >= 0.3 is 0 Å². The highest BCUT2D eigenvalue weighted by Gasteiger charge is 2.29. The monoisotopic (exact) mass is 481 g/mol. The van der Waals surface area contributed by atoms with E-state index in [2.05, 4.69) is 42.6 Å². The maximum atomic E-state index is 12.9. The van der Waals surface area contributed by atoms with E-state index in [1.54, 1.807) is 0 Å². The van der Waals surface area contributed by atoms with Gasteiger partial charge in [-0.2, -0.15) is 5.10 Å². The van der Waals surface area contributed by atoms with Crippen molar-refractivity contribution in [3.8, 4) is 0 Å². The molecular weight excluding hydrogens is 442 g/mol. The number of nitrogens with one attached hydrogen (secondary N) is 3. The Kier molecular flexibility index (Phi) is 7.48. The number of hydrogen-bond acceptors (Lipinski definition) is 8. The molecule has 1 atom stereocenters. The first-order valence-electron chi connectivity index (χ1n) is 13.2. The molecular formula is C25H39N9O. The zero-order valence-corrected chi connectivity index (χ0v) is 21.1. The molecule has 5 rings (SSSR count). The fourth-order valence-corrected chi connectivity index (χ4v) is 5.35. The number of aromatic nitrogens is 4. The maximum Gasteiger partial charge on any atom is 0.239 e. The molecule has 0 aliphatic carbocycles. The van der Waals surface area contributed by atoms with Crippen LogP contribution in [-0.2, 0) is 11.2 Å². The minimum absolute atomic E-state index is 0.0169. The number of carbonyl (C=O) groups is 1. The largest absolute Gasteiger partial charge is 0.354 e. The molecule has 2 aromatic rings. The number of hydrogen-bond donors (Lipinski definition) is 3. The van der Waals surface area contributed by atoms with Gasteiger partial charge in [-0.3, -0.25) is 9.89 Å². The molecule has 3 saturated heterocycles. The van der Waals surface area contributed by atoms with Crippen molar-refractivity contribution in [2.75, 3.05) is 63.1 Å². The summed E-state index contributed by atoms with van der Waals surface area (Å²) in [7, 11) is 2.16. The van der Waals surface area contributed by atoms with Gasteiger partial charge in [-0.15, -0.1) is 0 Å². The van der Waals surface area contributed by atoms with Gasteiger partial charge in [-0.1, -0.05) is 6.42 Å². The normalized spacial score (nSPS) is 22.4. The standard InChI is InChI=1S/C25H39N9O/c1-18-15-23(31-30-18)28-22-17-24(33-13-11-32(2)12-14-33)29-21(27-22)16-19-6-9-34(10-7-19)25(35)20-5-3-4-8-26-20/h15,17,19-20,26H,3-14,16H2,1-2H3,(H2,27,28,29,30,31)/t20-/m0/s1. The minimum atomic E-state index is 0.0169. The quantitative estimate of drug-likeness (QED) is 0.575. The van der Waals surface area contributed by atoms with Crippen LogP contribution in [0.5, 0.6) is 0 Å². The summed E-state index contributed by atoms with van der Waals surface area (Å²) < 4.78 is 0. The summed E-state index contributed by atoms with van der Waals surface area (Å²) in [6.45, 7) is 8.59. The Balaban J connectivity index is 1.25. The number of H-pyrrole nitrogens is 1. The van der Waals surface area contributed by atoms with Crippen LogP contribution in [0.15, 0.2) is 12.1 Å². The van der Waals surface area contributed by atoms with Crippen molar-refractivity contribution in [3.63, 3.8) is 0 Å². The fraction of sp³-hybridized carbons (Fsp3) is 0.680.